The number of anilines is 1. The summed E-state index contributed by atoms with van der Waals surface area (Å²) in [6.07, 6.45) is 0. The highest BCUT2D eigenvalue weighted by Crippen LogP contribution is 2.35. The number of fused-ring (bicyclic) bond motifs is 1. The second kappa shape index (κ2) is 6.18. The second-order valence-corrected chi connectivity index (χ2v) is 5.28. The summed E-state index contributed by atoms with van der Waals surface area (Å²) >= 11 is 6.13. The Morgan fingerprint density at radius 2 is 1.65 bits per heavy atom. The largest absolute Gasteiger partial charge is 0.486 e. The lowest BCUT2D eigenvalue weighted by Crippen LogP contribution is -2.18. The Morgan fingerprint density at radius 3 is 2.26 bits per heavy atom. The first-order chi connectivity index (χ1) is 11.0. The predicted molar refractivity (Wildman–Crippen MR) is 85.4 cm³/mol. The van der Waals surface area contributed by atoms with E-state index in [1.165, 1.54) is 12.1 Å². The van der Waals surface area contributed by atoms with Crippen molar-refractivity contribution in [3.63, 3.8) is 0 Å². The molecule has 2 amide bonds. The number of carbonyl (C=O) groups is 2. The van der Waals surface area contributed by atoms with E-state index in [2.05, 4.69) is 5.32 Å². The van der Waals surface area contributed by atoms with Gasteiger partial charge in [-0.05, 0) is 30.3 Å². The fourth-order valence-electron chi connectivity index (χ4n) is 2.15. The molecule has 1 aliphatic rings. The maximum absolute atomic E-state index is 12.4. The fraction of sp³-hybridized carbons (Fsp3) is 0.125. The van der Waals surface area contributed by atoms with Gasteiger partial charge in [-0.1, -0.05) is 11.6 Å². The topological polar surface area (TPSA) is 90.7 Å². The second-order valence-electron chi connectivity index (χ2n) is 4.87. The number of nitrogens with two attached hydrogens (primary N) is 1. The van der Waals surface area contributed by atoms with E-state index in [0.29, 0.717) is 36.0 Å². The summed E-state index contributed by atoms with van der Waals surface area (Å²) in [5.41, 5.74) is 6.33. The molecule has 0 unspecified atom stereocenters. The molecule has 0 bridgehead atoms. The maximum atomic E-state index is 12.4. The number of halogens is 1. The Hall–Kier alpha value is -2.73. The number of hydrogen-bond acceptors (Lipinski definition) is 4. The molecule has 23 heavy (non-hydrogen) atoms. The highest BCUT2D eigenvalue weighted by Gasteiger charge is 2.19. The molecule has 0 saturated carbocycles. The lowest BCUT2D eigenvalue weighted by atomic mass is 10.1. The van der Waals surface area contributed by atoms with E-state index in [9.17, 15) is 9.59 Å². The van der Waals surface area contributed by atoms with Crippen LogP contribution < -0.4 is 20.5 Å². The number of nitrogens with one attached hydrogen (secondary N) is 1. The van der Waals surface area contributed by atoms with E-state index >= 15 is 0 Å². The number of carbonyl (C=O) groups excluding carboxylic acids is 2. The van der Waals surface area contributed by atoms with E-state index in [0.717, 1.165) is 0 Å². The van der Waals surface area contributed by atoms with Crippen LogP contribution in [-0.2, 0) is 0 Å². The fourth-order valence-corrected chi connectivity index (χ4v) is 2.39. The Labute approximate surface area is 137 Å². The minimum absolute atomic E-state index is 0.264. The SMILES string of the molecule is NC(=O)c1ccc(NC(=O)c2cc3c(cc2Cl)OCCO3)cc1. The molecular weight excluding hydrogens is 320 g/mol. The molecule has 0 spiro atoms. The first-order valence-corrected chi connectivity index (χ1v) is 7.23. The Morgan fingerprint density at radius 1 is 1.04 bits per heavy atom. The van der Waals surface area contributed by atoms with Crippen LogP contribution in [0.4, 0.5) is 5.69 Å². The molecule has 0 atom stereocenters. The van der Waals surface area contributed by atoms with E-state index < -0.39 is 11.8 Å². The van der Waals surface area contributed by atoms with Crippen molar-refractivity contribution in [2.75, 3.05) is 18.5 Å². The minimum Gasteiger partial charge on any atom is -0.486 e. The van der Waals surface area contributed by atoms with Gasteiger partial charge in [-0.2, -0.15) is 0 Å². The molecule has 0 saturated heterocycles. The van der Waals surface area contributed by atoms with Gasteiger partial charge in [0.2, 0.25) is 5.91 Å². The van der Waals surface area contributed by atoms with Gasteiger partial charge in [-0.3, -0.25) is 9.59 Å². The molecule has 2 aromatic rings. The van der Waals surface area contributed by atoms with Gasteiger partial charge in [0.1, 0.15) is 13.2 Å². The zero-order valence-electron chi connectivity index (χ0n) is 12.0. The van der Waals surface area contributed by atoms with Crippen LogP contribution in [0.5, 0.6) is 11.5 Å². The van der Waals surface area contributed by atoms with Crippen molar-refractivity contribution in [1.82, 2.24) is 0 Å². The molecule has 6 nitrogen and oxygen atoms in total. The maximum Gasteiger partial charge on any atom is 0.257 e. The third kappa shape index (κ3) is 3.22. The smallest absolute Gasteiger partial charge is 0.257 e. The number of ether oxygens (including phenoxy) is 2. The van der Waals surface area contributed by atoms with E-state index in [-0.39, 0.29) is 10.6 Å². The van der Waals surface area contributed by atoms with Gasteiger partial charge in [0.25, 0.3) is 5.91 Å². The van der Waals surface area contributed by atoms with Crippen molar-refractivity contribution in [1.29, 1.82) is 0 Å². The molecule has 2 aromatic carbocycles. The monoisotopic (exact) mass is 332 g/mol. The standard InChI is InChI=1S/C16H13ClN2O4/c17-12-8-14-13(22-5-6-23-14)7-11(12)16(21)19-10-3-1-9(2-4-10)15(18)20/h1-4,7-8H,5-6H2,(H2,18,20)(H,19,21). The van der Waals surface area contributed by atoms with Crippen molar-refractivity contribution in [3.05, 3.63) is 52.5 Å². The van der Waals surface area contributed by atoms with Gasteiger partial charge in [-0.25, -0.2) is 0 Å². The van der Waals surface area contributed by atoms with E-state index in [4.69, 9.17) is 26.8 Å². The number of amides is 2. The summed E-state index contributed by atoms with van der Waals surface area (Å²) < 4.78 is 10.9. The first-order valence-electron chi connectivity index (χ1n) is 6.85. The van der Waals surface area contributed by atoms with Gasteiger partial charge in [0.15, 0.2) is 11.5 Å². The number of hydrogen-bond donors (Lipinski definition) is 2. The normalized spacial score (nSPS) is 12.6. The van der Waals surface area contributed by atoms with Gasteiger partial charge in [0.05, 0.1) is 10.6 Å². The molecule has 0 fully saturated rings. The van der Waals surface area contributed by atoms with Crippen molar-refractivity contribution in [2.45, 2.75) is 0 Å². The third-order valence-corrected chi connectivity index (χ3v) is 3.62. The predicted octanol–water partition coefficient (Wildman–Crippen LogP) is 2.46. The molecular formula is C16H13ClN2O4. The van der Waals surface area contributed by atoms with Gasteiger partial charge in [0, 0.05) is 17.3 Å². The molecule has 3 N–H and O–H groups in total. The summed E-state index contributed by atoms with van der Waals surface area (Å²) in [6, 6.07) is 9.34. The van der Waals surface area contributed by atoms with Crippen LogP contribution in [0.1, 0.15) is 20.7 Å². The highest BCUT2D eigenvalue weighted by molar-refractivity contribution is 6.34. The number of benzene rings is 2. The van der Waals surface area contributed by atoms with Gasteiger partial charge >= 0.3 is 0 Å². The zero-order chi connectivity index (χ0) is 16.4. The van der Waals surface area contributed by atoms with Crippen LogP contribution in [-0.4, -0.2) is 25.0 Å². The van der Waals surface area contributed by atoms with E-state index in [1.807, 2.05) is 0 Å². The quantitative estimate of drug-likeness (QED) is 0.903. The summed E-state index contributed by atoms with van der Waals surface area (Å²) in [5.74, 6) is 0.0787. The van der Waals surface area contributed by atoms with E-state index in [1.54, 1.807) is 24.3 Å². The zero-order valence-corrected chi connectivity index (χ0v) is 12.7. The summed E-state index contributed by atoms with van der Waals surface area (Å²) in [7, 11) is 0. The van der Waals surface area contributed by atoms with Crippen LogP contribution in [0.3, 0.4) is 0 Å². The van der Waals surface area contributed by atoms with Crippen LogP contribution in [0.15, 0.2) is 36.4 Å². The molecule has 0 radical (unpaired) electrons. The molecule has 7 heteroatoms. The van der Waals surface area contributed by atoms with Crippen LogP contribution in [0.2, 0.25) is 5.02 Å². The van der Waals surface area contributed by atoms with Crippen LogP contribution in [0, 0.1) is 0 Å². The molecule has 118 valence electrons. The van der Waals surface area contributed by atoms with Gasteiger partial charge < -0.3 is 20.5 Å². The Balaban J connectivity index is 1.81. The highest BCUT2D eigenvalue weighted by atomic mass is 35.5. The third-order valence-electron chi connectivity index (χ3n) is 3.30. The number of rotatable bonds is 3. The molecule has 1 heterocycles. The Bertz CT molecular complexity index is 774. The minimum atomic E-state index is -0.530. The molecule has 3 rings (SSSR count). The van der Waals surface area contributed by atoms with Crippen molar-refractivity contribution in [3.8, 4) is 11.5 Å². The number of primary amides is 1. The van der Waals surface area contributed by atoms with Crippen molar-refractivity contribution < 1.29 is 19.1 Å². The molecule has 0 aliphatic carbocycles. The van der Waals surface area contributed by atoms with Crippen LogP contribution >= 0.6 is 11.6 Å². The summed E-state index contributed by atoms with van der Waals surface area (Å²) in [4.78, 5) is 23.4. The van der Waals surface area contributed by atoms with Gasteiger partial charge in [-0.15, -0.1) is 0 Å². The average Bonchev–Trinajstić information content (AvgIpc) is 2.54. The van der Waals surface area contributed by atoms with Crippen LogP contribution in [0.25, 0.3) is 0 Å². The first kappa shape index (κ1) is 15.2. The Kier molecular flexibility index (Phi) is 4.08. The lowest BCUT2D eigenvalue weighted by molar-refractivity contribution is 0.0998. The molecule has 0 aromatic heterocycles. The average molecular weight is 333 g/mol. The van der Waals surface area contributed by atoms with Crippen molar-refractivity contribution in [2.24, 2.45) is 5.73 Å². The molecule has 1 aliphatic heterocycles. The van der Waals surface area contributed by atoms with Crippen molar-refractivity contribution >= 4 is 29.1 Å². The lowest BCUT2D eigenvalue weighted by Gasteiger charge is -2.19. The summed E-state index contributed by atoms with van der Waals surface area (Å²) in [5, 5.41) is 2.96. The summed E-state index contributed by atoms with van der Waals surface area (Å²) in [6.45, 7) is 0.866.